The van der Waals surface area contributed by atoms with E-state index in [1.54, 1.807) is 24.1 Å². The van der Waals surface area contributed by atoms with Crippen LogP contribution < -0.4 is 15.8 Å². The van der Waals surface area contributed by atoms with Gasteiger partial charge in [0.15, 0.2) is 0 Å². The SMILES string of the molecule is COc1ccc(C)cc1NC(=O)C1CCCN1C(=O)Cc1ccc(N)cc1. The summed E-state index contributed by atoms with van der Waals surface area (Å²) in [7, 11) is 1.57. The molecule has 0 saturated carbocycles. The molecule has 1 fully saturated rings. The number of carbonyl (C=O) groups excluding carboxylic acids is 2. The summed E-state index contributed by atoms with van der Waals surface area (Å²) in [5, 5.41) is 2.93. The van der Waals surface area contributed by atoms with Crippen molar-refractivity contribution in [1.82, 2.24) is 4.90 Å². The van der Waals surface area contributed by atoms with E-state index in [-0.39, 0.29) is 18.2 Å². The van der Waals surface area contributed by atoms with Gasteiger partial charge in [-0.05, 0) is 55.2 Å². The number of nitrogen functional groups attached to an aromatic ring is 1. The van der Waals surface area contributed by atoms with Gasteiger partial charge in [-0.25, -0.2) is 0 Å². The molecule has 27 heavy (non-hydrogen) atoms. The number of nitrogens with zero attached hydrogens (tertiary/aromatic N) is 1. The van der Waals surface area contributed by atoms with Gasteiger partial charge in [-0.15, -0.1) is 0 Å². The molecule has 1 aliphatic rings. The van der Waals surface area contributed by atoms with Gasteiger partial charge in [0.2, 0.25) is 11.8 Å². The highest BCUT2D eigenvalue weighted by Crippen LogP contribution is 2.27. The molecule has 2 amide bonds. The molecule has 0 aromatic heterocycles. The van der Waals surface area contributed by atoms with Crippen molar-refractivity contribution in [3.63, 3.8) is 0 Å². The lowest BCUT2D eigenvalue weighted by molar-refractivity contribution is -0.136. The third-order valence-corrected chi connectivity index (χ3v) is 4.82. The Hall–Kier alpha value is -3.02. The van der Waals surface area contributed by atoms with E-state index in [0.717, 1.165) is 17.5 Å². The number of carbonyl (C=O) groups is 2. The van der Waals surface area contributed by atoms with Crippen LogP contribution in [0.25, 0.3) is 0 Å². The van der Waals surface area contributed by atoms with Crippen LogP contribution in [-0.2, 0) is 16.0 Å². The molecule has 2 aromatic rings. The highest BCUT2D eigenvalue weighted by atomic mass is 16.5. The molecule has 1 unspecified atom stereocenters. The first-order chi connectivity index (χ1) is 13.0. The number of nitrogens with two attached hydrogens (primary N) is 1. The zero-order valence-corrected chi connectivity index (χ0v) is 15.7. The zero-order valence-electron chi connectivity index (χ0n) is 15.7. The van der Waals surface area contributed by atoms with Crippen LogP contribution in [0.15, 0.2) is 42.5 Å². The Bertz CT molecular complexity index is 833. The number of methoxy groups -OCH3 is 1. The highest BCUT2D eigenvalue weighted by molar-refractivity contribution is 5.98. The van der Waals surface area contributed by atoms with Crippen molar-refractivity contribution in [3.8, 4) is 5.75 Å². The van der Waals surface area contributed by atoms with Crippen molar-refractivity contribution in [2.24, 2.45) is 0 Å². The molecule has 1 atom stereocenters. The molecule has 1 aliphatic heterocycles. The highest BCUT2D eigenvalue weighted by Gasteiger charge is 2.34. The predicted molar refractivity (Wildman–Crippen MR) is 106 cm³/mol. The number of likely N-dealkylation sites (tertiary alicyclic amines) is 1. The van der Waals surface area contributed by atoms with Crippen molar-refractivity contribution in [1.29, 1.82) is 0 Å². The summed E-state index contributed by atoms with van der Waals surface area (Å²) in [4.78, 5) is 27.2. The Morgan fingerprint density at radius 3 is 2.67 bits per heavy atom. The average Bonchev–Trinajstić information content (AvgIpc) is 3.14. The van der Waals surface area contributed by atoms with Crippen LogP contribution in [0.4, 0.5) is 11.4 Å². The van der Waals surface area contributed by atoms with Gasteiger partial charge < -0.3 is 20.7 Å². The smallest absolute Gasteiger partial charge is 0.247 e. The molecule has 6 heteroatoms. The molecule has 0 radical (unpaired) electrons. The molecule has 2 aromatic carbocycles. The van der Waals surface area contributed by atoms with Crippen LogP contribution in [-0.4, -0.2) is 36.4 Å². The first-order valence-electron chi connectivity index (χ1n) is 9.07. The topological polar surface area (TPSA) is 84.7 Å². The molecule has 1 saturated heterocycles. The molecule has 0 bridgehead atoms. The third-order valence-electron chi connectivity index (χ3n) is 4.82. The largest absolute Gasteiger partial charge is 0.495 e. The lowest BCUT2D eigenvalue weighted by Gasteiger charge is -2.24. The van der Waals surface area contributed by atoms with Crippen molar-refractivity contribution in [2.75, 3.05) is 24.7 Å². The molecular weight excluding hydrogens is 342 g/mol. The van der Waals surface area contributed by atoms with Crippen LogP contribution in [0, 0.1) is 6.92 Å². The van der Waals surface area contributed by atoms with Crippen LogP contribution in [0.1, 0.15) is 24.0 Å². The molecule has 0 aliphatic carbocycles. The Morgan fingerprint density at radius 2 is 1.96 bits per heavy atom. The maximum Gasteiger partial charge on any atom is 0.247 e. The zero-order chi connectivity index (χ0) is 19.4. The summed E-state index contributed by atoms with van der Waals surface area (Å²) in [5.74, 6) is 0.377. The summed E-state index contributed by atoms with van der Waals surface area (Å²) in [6.07, 6.45) is 1.74. The number of hydrogen-bond donors (Lipinski definition) is 2. The first-order valence-corrected chi connectivity index (χ1v) is 9.07. The number of nitrogens with one attached hydrogen (secondary N) is 1. The molecular formula is C21H25N3O3. The Morgan fingerprint density at radius 1 is 1.22 bits per heavy atom. The monoisotopic (exact) mass is 367 g/mol. The standard InChI is InChI=1S/C21H25N3O3/c1-14-5-10-19(27-2)17(12-14)23-21(26)18-4-3-11-24(18)20(25)13-15-6-8-16(22)9-7-15/h5-10,12,18H,3-4,11,13,22H2,1-2H3,(H,23,26). The minimum atomic E-state index is -0.462. The molecule has 6 nitrogen and oxygen atoms in total. The van der Waals surface area contributed by atoms with Crippen molar-refractivity contribution < 1.29 is 14.3 Å². The third kappa shape index (κ3) is 4.39. The quantitative estimate of drug-likeness (QED) is 0.796. The van der Waals surface area contributed by atoms with E-state index < -0.39 is 6.04 Å². The summed E-state index contributed by atoms with van der Waals surface area (Å²) in [5.41, 5.74) is 8.89. The first kappa shape index (κ1) is 18.8. The number of ether oxygens (including phenoxy) is 1. The second kappa shape index (κ2) is 8.12. The predicted octanol–water partition coefficient (Wildman–Crippen LogP) is 2.76. The minimum absolute atomic E-state index is 0.0476. The second-order valence-electron chi connectivity index (χ2n) is 6.86. The van der Waals surface area contributed by atoms with Gasteiger partial charge in [-0.3, -0.25) is 9.59 Å². The Labute approximate surface area is 159 Å². The fourth-order valence-electron chi connectivity index (χ4n) is 3.38. The van der Waals surface area contributed by atoms with E-state index in [2.05, 4.69) is 5.32 Å². The number of benzene rings is 2. The Kier molecular flexibility index (Phi) is 5.64. The van der Waals surface area contributed by atoms with Gasteiger partial charge in [0, 0.05) is 12.2 Å². The summed E-state index contributed by atoms with van der Waals surface area (Å²) in [6, 6.07) is 12.4. The van der Waals surface area contributed by atoms with E-state index >= 15 is 0 Å². The summed E-state index contributed by atoms with van der Waals surface area (Å²) in [6.45, 7) is 2.55. The summed E-state index contributed by atoms with van der Waals surface area (Å²) >= 11 is 0. The lowest BCUT2D eigenvalue weighted by atomic mass is 10.1. The van der Waals surface area contributed by atoms with Gasteiger partial charge in [0.1, 0.15) is 11.8 Å². The fraction of sp³-hybridized carbons (Fsp3) is 0.333. The maximum absolute atomic E-state index is 12.8. The van der Waals surface area contributed by atoms with Gasteiger partial charge >= 0.3 is 0 Å². The fourth-order valence-corrected chi connectivity index (χ4v) is 3.38. The van der Waals surface area contributed by atoms with E-state index in [1.807, 2.05) is 37.3 Å². The Balaban J connectivity index is 1.70. The lowest BCUT2D eigenvalue weighted by Crippen LogP contribution is -2.43. The molecule has 3 N–H and O–H groups in total. The van der Waals surface area contributed by atoms with Crippen LogP contribution in [0.3, 0.4) is 0 Å². The number of anilines is 2. The van der Waals surface area contributed by atoms with Crippen molar-refractivity contribution >= 4 is 23.2 Å². The van der Waals surface area contributed by atoms with E-state index in [0.29, 0.717) is 30.1 Å². The van der Waals surface area contributed by atoms with Crippen LogP contribution in [0.2, 0.25) is 0 Å². The molecule has 0 spiro atoms. The molecule has 142 valence electrons. The van der Waals surface area contributed by atoms with Gasteiger partial charge in [-0.2, -0.15) is 0 Å². The van der Waals surface area contributed by atoms with E-state index in [9.17, 15) is 9.59 Å². The normalized spacial score (nSPS) is 16.2. The van der Waals surface area contributed by atoms with Crippen LogP contribution in [0.5, 0.6) is 5.75 Å². The van der Waals surface area contributed by atoms with Crippen molar-refractivity contribution in [3.05, 3.63) is 53.6 Å². The van der Waals surface area contributed by atoms with Crippen LogP contribution >= 0.6 is 0 Å². The van der Waals surface area contributed by atoms with Gasteiger partial charge in [0.05, 0.1) is 19.2 Å². The van der Waals surface area contributed by atoms with Gasteiger partial charge in [-0.1, -0.05) is 18.2 Å². The van der Waals surface area contributed by atoms with E-state index in [1.165, 1.54) is 0 Å². The van der Waals surface area contributed by atoms with Crippen molar-refractivity contribution in [2.45, 2.75) is 32.2 Å². The van der Waals surface area contributed by atoms with E-state index in [4.69, 9.17) is 10.5 Å². The average molecular weight is 367 g/mol. The minimum Gasteiger partial charge on any atom is -0.495 e. The molecule has 3 rings (SSSR count). The number of amides is 2. The molecule has 1 heterocycles. The number of aryl methyl sites for hydroxylation is 1. The van der Waals surface area contributed by atoms with Gasteiger partial charge in [0.25, 0.3) is 0 Å². The number of rotatable bonds is 5. The second-order valence-corrected chi connectivity index (χ2v) is 6.86. The summed E-state index contributed by atoms with van der Waals surface area (Å²) < 4.78 is 5.32. The maximum atomic E-state index is 12.8. The number of hydrogen-bond acceptors (Lipinski definition) is 4.